The van der Waals surface area contributed by atoms with E-state index in [2.05, 4.69) is 135 Å². The Hall–Kier alpha value is -4.10. The topological polar surface area (TPSA) is 4.93 Å². The van der Waals surface area contributed by atoms with E-state index in [0.717, 1.165) is 0 Å². The molecule has 5 aromatic carbocycles. The predicted molar refractivity (Wildman–Crippen MR) is 149 cm³/mol. The summed E-state index contributed by atoms with van der Waals surface area (Å²) in [4.78, 5) is 0. The van der Waals surface area contributed by atoms with Crippen LogP contribution < -0.4 is 0 Å². The van der Waals surface area contributed by atoms with Gasteiger partial charge in [-0.15, -0.1) is 0 Å². The molecule has 0 saturated heterocycles. The van der Waals surface area contributed by atoms with Gasteiger partial charge in [-0.1, -0.05) is 98.8 Å². The first-order chi connectivity index (χ1) is 17.1. The average molecular weight is 450 g/mol. The first kappa shape index (κ1) is 20.3. The summed E-state index contributed by atoms with van der Waals surface area (Å²) in [6, 6.07) is 40.1. The fourth-order valence-corrected chi connectivity index (χ4v) is 6.20. The van der Waals surface area contributed by atoms with E-state index < -0.39 is 0 Å². The van der Waals surface area contributed by atoms with Crippen LogP contribution in [0.15, 0.2) is 109 Å². The first-order valence-corrected chi connectivity index (χ1v) is 12.4. The van der Waals surface area contributed by atoms with Crippen LogP contribution in [-0.2, 0) is 5.41 Å². The van der Waals surface area contributed by atoms with Crippen molar-refractivity contribution in [3.63, 3.8) is 0 Å². The van der Waals surface area contributed by atoms with Crippen LogP contribution in [0.5, 0.6) is 0 Å². The zero-order chi connectivity index (χ0) is 23.7. The molecule has 0 fully saturated rings. The maximum atomic E-state index is 2.48. The highest BCUT2D eigenvalue weighted by molar-refractivity contribution is 6.16. The van der Waals surface area contributed by atoms with Crippen LogP contribution in [0.25, 0.3) is 49.7 Å². The molecule has 0 unspecified atom stereocenters. The van der Waals surface area contributed by atoms with E-state index in [0.29, 0.717) is 0 Å². The minimum absolute atomic E-state index is 0.0234. The third kappa shape index (κ3) is 2.76. The summed E-state index contributed by atoms with van der Waals surface area (Å²) >= 11 is 0. The van der Waals surface area contributed by atoms with Crippen molar-refractivity contribution in [2.45, 2.75) is 26.2 Å². The molecule has 1 heterocycles. The van der Waals surface area contributed by atoms with Gasteiger partial charge in [-0.25, -0.2) is 0 Å². The molecule has 0 N–H and O–H groups in total. The molecule has 0 bridgehead atoms. The molecular weight excluding hydrogens is 422 g/mol. The highest BCUT2D eigenvalue weighted by Crippen LogP contribution is 2.53. The van der Waals surface area contributed by atoms with Crippen molar-refractivity contribution < 1.29 is 0 Å². The van der Waals surface area contributed by atoms with Gasteiger partial charge in [-0.05, 0) is 64.6 Å². The van der Waals surface area contributed by atoms with Crippen LogP contribution in [0.1, 0.15) is 30.5 Å². The summed E-state index contributed by atoms with van der Waals surface area (Å²) in [6.07, 6.45) is 0. The number of benzene rings is 5. The SMILES string of the molecule is Cc1ccccc1-c1ccc2c(c1)c1ccc3c(c1n2-c1ccccc1)-c1ccccc1C3(C)C. The van der Waals surface area contributed by atoms with Crippen molar-refractivity contribution in [2.24, 2.45) is 0 Å². The van der Waals surface area contributed by atoms with Gasteiger partial charge in [0.1, 0.15) is 0 Å². The Morgan fingerprint density at radius 1 is 0.600 bits per heavy atom. The summed E-state index contributed by atoms with van der Waals surface area (Å²) in [5.74, 6) is 0. The van der Waals surface area contributed by atoms with E-state index in [4.69, 9.17) is 0 Å². The summed E-state index contributed by atoms with van der Waals surface area (Å²) in [5, 5.41) is 2.61. The summed E-state index contributed by atoms with van der Waals surface area (Å²) in [5.41, 5.74) is 13.2. The smallest absolute Gasteiger partial charge is 0.0622 e. The molecule has 6 aromatic rings. The number of rotatable bonds is 2. The molecule has 1 aliphatic carbocycles. The van der Waals surface area contributed by atoms with Gasteiger partial charge in [-0.3, -0.25) is 0 Å². The Kier molecular flexibility index (Phi) is 4.17. The van der Waals surface area contributed by atoms with Crippen LogP contribution in [0, 0.1) is 6.92 Å². The molecule has 1 nitrogen and oxygen atoms in total. The summed E-state index contributed by atoms with van der Waals surface area (Å²) in [6.45, 7) is 6.91. The second-order valence-corrected chi connectivity index (χ2v) is 10.3. The standard InChI is InChI=1S/C34H27N/c1-22-11-7-8-14-25(22)23-17-20-31-28(21-23)26-18-19-30-32(27-15-9-10-16-29(27)34(30,2)3)33(26)35(31)24-12-5-4-6-13-24/h4-21H,1-3H3. The first-order valence-electron chi connectivity index (χ1n) is 12.4. The van der Waals surface area contributed by atoms with E-state index >= 15 is 0 Å². The van der Waals surface area contributed by atoms with Crippen molar-refractivity contribution in [3.05, 3.63) is 126 Å². The molecule has 0 saturated carbocycles. The number of fused-ring (bicyclic) bond motifs is 7. The second-order valence-electron chi connectivity index (χ2n) is 10.3. The second kappa shape index (κ2) is 7.20. The fourth-order valence-electron chi connectivity index (χ4n) is 6.20. The zero-order valence-electron chi connectivity index (χ0n) is 20.3. The maximum absolute atomic E-state index is 2.48. The molecule has 0 aliphatic heterocycles. The van der Waals surface area contributed by atoms with E-state index in [-0.39, 0.29) is 5.41 Å². The lowest BCUT2D eigenvalue weighted by atomic mass is 9.82. The van der Waals surface area contributed by atoms with Gasteiger partial charge in [0.2, 0.25) is 0 Å². The number of hydrogen-bond donors (Lipinski definition) is 0. The van der Waals surface area contributed by atoms with Gasteiger partial charge in [0.15, 0.2) is 0 Å². The van der Waals surface area contributed by atoms with Crippen molar-refractivity contribution in [2.75, 3.05) is 0 Å². The van der Waals surface area contributed by atoms with Crippen LogP contribution >= 0.6 is 0 Å². The lowest BCUT2D eigenvalue weighted by Crippen LogP contribution is -2.14. The molecule has 7 rings (SSSR count). The van der Waals surface area contributed by atoms with E-state index in [9.17, 15) is 0 Å². The Bertz CT molecular complexity index is 1770. The van der Waals surface area contributed by atoms with Crippen LogP contribution in [0.3, 0.4) is 0 Å². The number of hydrogen-bond acceptors (Lipinski definition) is 0. The van der Waals surface area contributed by atoms with Gasteiger partial charge in [0.05, 0.1) is 11.0 Å². The summed E-state index contributed by atoms with van der Waals surface area (Å²) < 4.78 is 2.48. The van der Waals surface area contributed by atoms with Crippen molar-refractivity contribution >= 4 is 21.8 Å². The monoisotopic (exact) mass is 449 g/mol. The molecule has 0 radical (unpaired) electrons. The van der Waals surface area contributed by atoms with Crippen LogP contribution in [0.2, 0.25) is 0 Å². The van der Waals surface area contributed by atoms with E-state index in [1.165, 1.54) is 66.4 Å². The van der Waals surface area contributed by atoms with Crippen LogP contribution in [0.4, 0.5) is 0 Å². The molecule has 0 atom stereocenters. The van der Waals surface area contributed by atoms with Crippen molar-refractivity contribution in [1.82, 2.24) is 4.57 Å². The highest BCUT2D eigenvalue weighted by Gasteiger charge is 2.37. The van der Waals surface area contributed by atoms with Gasteiger partial charge >= 0.3 is 0 Å². The number of para-hydroxylation sites is 1. The third-order valence-electron chi connectivity index (χ3n) is 7.94. The van der Waals surface area contributed by atoms with Gasteiger partial charge in [-0.2, -0.15) is 0 Å². The Morgan fingerprint density at radius 3 is 2.11 bits per heavy atom. The maximum Gasteiger partial charge on any atom is 0.0622 e. The van der Waals surface area contributed by atoms with Gasteiger partial charge in [0.25, 0.3) is 0 Å². The normalized spacial score (nSPS) is 13.8. The minimum Gasteiger partial charge on any atom is -0.309 e. The average Bonchev–Trinajstić information content (AvgIpc) is 3.34. The van der Waals surface area contributed by atoms with Crippen LogP contribution in [-0.4, -0.2) is 4.57 Å². The van der Waals surface area contributed by atoms with Crippen molar-refractivity contribution in [1.29, 1.82) is 0 Å². The quantitative estimate of drug-likeness (QED) is 0.248. The molecule has 0 spiro atoms. The largest absolute Gasteiger partial charge is 0.309 e. The predicted octanol–water partition coefficient (Wildman–Crippen LogP) is 9.07. The third-order valence-corrected chi connectivity index (χ3v) is 7.94. The van der Waals surface area contributed by atoms with Gasteiger partial charge < -0.3 is 4.57 Å². The van der Waals surface area contributed by atoms with E-state index in [1.54, 1.807) is 0 Å². The fraction of sp³-hybridized carbons (Fsp3) is 0.118. The van der Waals surface area contributed by atoms with Crippen molar-refractivity contribution in [3.8, 4) is 27.9 Å². The number of aromatic nitrogens is 1. The lowest BCUT2D eigenvalue weighted by Gasteiger charge is -2.21. The van der Waals surface area contributed by atoms with Gasteiger partial charge in [0, 0.05) is 27.4 Å². The molecule has 168 valence electrons. The minimum atomic E-state index is -0.0234. The molecule has 1 aromatic heterocycles. The molecule has 1 heteroatoms. The zero-order valence-corrected chi connectivity index (χ0v) is 20.3. The Balaban J connectivity index is 1.65. The lowest BCUT2D eigenvalue weighted by molar-refractivity contribution is 0.661. The number of aryl methyl sites for hydroxylation is 1. The van der Waals surface area contributed by atoms with E-state index in [1.807, 2.05) is 0 Å². The highest BCUT2D eigenvalue weighted by atomic mass is 15.0. The molecule has 1 aliphatic rings. The molecule has 35 heavy (non-hydrogen) atoms. The number of nitrogens with zero attached hydrogens (tertiary/aromatic N) is 1. The molecular formula is C34H27N. The summed E-state index contributed by atoms with van der Waals surface area (Å²) in [7, 11) is 0. The Morgan fingerprint density at radius 2 is 1.31 bits per heavy atom. The Labute approximate surface area is 206 Å². The molecule has 0 amide bonds.